The van der Waals surface area contributed by atoms with Gasteiger partial charge < -0.3 is 0 Å². The molecule has 1 amide bonds. The molecule has 1 aliphatic rings. The molecule has 1 aromatic rings. The molecule has 0 spiro atoms. The molecule has 78 valence electrons. The Labute approximate surface area is 103 Å². The van der Waals surface area contributed by atoms with Crippen molar-refractivity contribution in [2.24, 2.45) is 0 Å². The second-order valence-electron chi connectivity index (χ2n) is 3.05. The highest BCUT2D eigenvalue weighted by Gasteiger charge is 2.26. The van der Waals surface area contributed by atoms with E-state index in [1.54, 1.807) is 29.2 Å². The first-order valence-corrected chi connectivity index (χ1v) is 6.20. The number of thioether (sulfide) groups is 1. The highest BCUT2D eigenvalue weighted by molar-refractivity contribution is 8.23. The van der Waals surface area contributed by atoms with Gasteiger partial charge in [-0.15, -0.1) is 0 Å². The summed E-state index contributed by atoms with van der Waals surface area (Å²) in [6.45, 7) is 0.674. The van der Waals surface area contributed by atoms with E-state index in [0.29, 0.717) is 21.5 Å². The summed E-state index contributed by atoms with van der Waals surface area (Å²) in [7, 11) is 0. The van der Waals surface area contributed by atoms with Crippen LogP contribution in [0.1, 0.15) is 10.4 Å². The van der Waals surface area contributed by atoms with E-state index in [9.17, 15) is 4.79 Å². The summed E-state index contributed by atoms with van der Waals surface area (Å²) in [6, 6.07) is 7.03. The number of hydrogen-bond donors (Lipinski definition) is 0. The topological polar surface area (TPSA) is 20.3 Å². The lowest BCUT2D eigenvalue weighted by Gasteiger charge is -2.15. The Kier molecular flexibility index (Phi) is 3.29. The number of amides is 1. The molecule has 15 heavy (non-hydrogen) atoms. The molecule has 0 bridgehead atoms. The third kappa shape index (κ3) is 2.17. The molecule has 5 heteroatoms. The van der Waals surface area contributed by atoms with Crippen LogP contribution in [0.2, 0.25) is 5.02 Å². The monoisotopic (exact) mass is 257 g/mol. The van der Waals surface area contributed by atoms with Crippen LogP contribution in [-0.2, 0) is 0 Å². The zero-order chi connectivity index (χ0) is 10.8. The largest absolute Gasteiger partial charge is 0.293 e. The minimum Gasteiger partial charge on any atom is -0.293 e. The Morgan fingerprint density at radius 3 is 2.80 bits per heavy atom. The fraction of sp³-hybridized carbons (Fsp3) is 0.200. The molecule has 0 atom stereocenters. The number of carbonyl (C=O) groups excluding carboxylic acids is 1. The van der Waals surface area contributed by atoms with Crippen LogP contribution in [0.25, 0.3) is 0 Å². The Morgan fingerprint density at radius 2 is 2.20 bits per heavy atom. The number of benzene rings is 1. The summed E-state index contributed by atoms with van der Waals surface area (Å²) in [6.07, 6.45) is 0. The highest BCUT2D eigenvalue weighted by Crippen LogP contribution is 2.23. The molecular formula is C10H8ClNOS2. The summed E-state index contributed by atoms with van der Waals surface area (Å²) < 4.78 is 0.639. The number of nitrogens with zero attached hydrogens (tertiary/aromatic N) is 1. The Balaban J connectivity index is 2.28. The Hall–Kier alpha value is -0.580. The van der Waals surface area contributed by atoms with Crippen LogP contribution in [0.4, 0.5) is 0 Å². The average molecular weight is 258 g/mol. The van der Waals surface area contributed by atoms with Crippen molar-refractivity contribution in [3.8, 4) is 0 Å². The lowest BCUT2D eigenvalue weighted by Crippen LogP contribution is -2.30. The SMILES string of the molecule is O=C(c1ccccc1Cl)N1CCSC1=S. The fourth-order valence-corrected chi connectivity index (χ4v) is 2.78. The Bertz CT molecular complexity index is 422. The molecule has 2 nitrogen and oxygen atoms in total. The molecule has 1 fully saturated rings. The minimum atomic E-state index is -0.101. The van der Waals surface area contributed by atoms with Gasteiger partial charge in [0.2, 0.25) is 0 Å². The lowest BCUT2D eigenvalue weighted by atomic mass is 10.2. The molecular weight excluding hydrogens is 250 g/mol. The summed E-state index contributed by atoms with van der Waals surface area (Å²) in [4.78, 5) is 13.6. The fourth-order valence-electron chi connectivity index (χ4n) is 1.36. The van der Waals surface area contributed by atoms with Gasteiger partial charge >= 0.3 is 0 Å². The molecule has 0 unspecified atom stereocenters. The molecule has 1 aliphatic heterocycles. The van der Waals surface area contributed by atoms with Crippen LogP contribution in [0.15, 0.2) is 24.3 Å². The van der Waals surface area contributed by atoms with Crippen LogP contribution in [-0.4, -0.2) is 27.4 Å². The predicted octanol–water partition coefficient (Wildman–Crippen LogP) is 2.81. The zero-order valence-electron chi connectivity index (χ0n) is 7.77. The number of carbonyl (C=O) groups is 1. The van der Waals surface area contributed by atoms with Crippen molar-refractivity contribution in [3.63, 3.8) is 0 Å². The van der Waals surface area contributed by atoms with Crippen molar-refractivity contribution < 1.29 is 4.79 Å². The Morgan fingerprint density at radius 1 is 1.47 bits per heavy atom. The highest BCUT2D eigenvalue weighted by atomic mass is 35.5. The van der Waals surface area contributed by atoms with Crippen molar-refractivity contribution >= 4 is 45.8 Å². The second kappa shape index (κ2) is 4.51. The second-order valence-corrected chi connectivity index (χ2v) is 5.19. The van der Waals surface area contributed by atoms with Crippen LogP contribution in [0.3, 0.4) is 0 Å². The standard InChI is InChI=1S/C10H8ClNOS2/c11-8-4-2-1-3-7(8)9(13)12-5-6-15-10(12)14/h1-4H,5-6H2. The number of hydrogen-bond acceptors (Lipinski definition) is 3. The zero-order valence-corrected chi connectivity index (χ0v) is 10.2. The van der Waals surface area contributed by atoms with Crippen molar-refractivity contribution in [2.75, 3.05) is 12.3 Å². The van der Waals surface area contributed by atoms with E-state index in [4.69, 9.17) is 23.8 Å². The van der Waals surface area contributed by atoms with Gasteiger partial charge in [-0.05, 0) is 12.1 Å². The maximum absolute atomic E-state index is 12.0. The molecule has 0 aliphatic carbocycles. The summed E-state index contributed by atoms with van der Waals surface area (Å²) >= 11 is 12.6. The van der Waals surface area contributed by atoms with Crippen LogP contribution in [0.5, 0.6) is 0 Å². The van der Waals surface area contributed by atoms with Crippen LogP contribution >= 0.6 is 35.6 Å². The molecule has 2 rings (SSSR count). The molecule has 1 heterocycles. The lowest BCUT2D eigenvalue weighted by molar-refractivity contribution is 0.0862. The van der Waals surface area contributed by atoms with Crippen molar-refractivity contribution in [1.82, 2.24) is 4.90 Å². The van der Waals surface area contributed by atoms with Gasteiger partial charge in [-0.1, -0.05) is 47.7 Å². The van der Waals surface area contributed by atoms with Crippen molar-refractivity contribution in [1.29, 1.82) is 0 Å². The van der Waals surface area contributed by atoms with E-state index in [1.807, 2.05) is 0 Å². The van der Waals surface area contributed by atoms with Crippen molar-refractivity contribution in [3.05, 3.63) is 34.9 Å². The molecule has 1 aromatic carbocycles. The first-order chi connectivity index (χ1) is 7.20. The average Bonchev–Trinajstić information content (AvgIpc) is 2.64. The third-order valence-corrected chi connectivity index (χ3v) is 3.87. The maximum Gasteiger partial charge on any atom is 0.260 e. The van der Waals surface area contributed by atoms with E-state index in [2.05, 4.69) is 0 Å². The summed E-state index contributed by atoms with van der Waals surface area (Å²) in [5.41, 5.74) is 0.518. The van der Waals surface area contributed by atoms with E-state index in [0.717, 1.165) is 5.75 Å². The van der Waals surface area contributed by atoms with Gasteiger partial charge in [0.1, 0.15) is 4.32 Å². The predicted molar refractivity (Wildman–Crippen MR) is 67.5 cm³/mol. The normalized spacial score (nSPS) is 15.8. The molecule has 1 saturated heterocycles. The number of rotatable bonds is 1. The molecule has 0 radical (unpaired) electrons. The summed E-state index contributed by atoms with van der Waals surface area (Å²) in [5, 5.41) is 0.474. The quantitative estimate of drug-likeness (QED) is 0.722. The summed E-state index contributed by atoms with van der Waals surface area (Å²) in [5.74, 6) is 0.769. The van der Waals surface area contributed by atoms with Gasteiger partial charge in [-0.3, -0.25) is 9.69 Å². The van der Waals surface area contributed by atoms with Gasteiger partial charge in [-0.25, -0.2) is 0 Å². The van der Waals surface area contributed by atoms with Gasteiger partial charge in [-0.2, -0.15) is 0 Å². The molecule has 0 aromatic heterocycles. The third-order valence-electron chi connectivity index (χ3n) is 2.11. The number of halogens is 1. The first kappa shape index (κ1) is 10.9. The van der Waals surface area contributed by atoms with Crippen molar-refractivity contribution in [2.45, 2.75) is 0 Å². The number of thiocarbonyl (C=S) groups is 1. The smallest absolute Gasteiger partial charge is 0.260 e. The van der Waals surface area contributed by atoms with Crippen LogP contribution < -0.4 is 0 Å². The van der Waals surface area contributed by atoms with Gasteiger partial charge in [0.15, 0.2) is 0 Å². The maximum atomic E-state index is 12.0. The van der Waals surface area contributed by atoms with E-state index in [1.165, 1.54) is 11.8 Å². The van der Waals surface area contributed by atoms with Crippen LogP contribution in [0, 0.1) is 0 Å². The van der Waals surface area contributed by atoms with E-state index < -0.39 is 0 Å². The minimum absolute atomic E-state index is 0.101. The van der Waals surface area contributed by atoms with Gasteiger partial charge in [0.25, 0.3) is 5.91 Å². The first-order valence-electron chi connectivity index (χ1n) is 4.43. The van der Waals surface area contributed by atoms with Gasteiger partial charge in [0, 0.05) is 12.3 Å². The van der Waals surface area contributed by atoms with Gasteiger partial charge in [0.05, 0.1) is 10.6 Å². The molecule has 0 saturated carbocycles. The van der Waals surface area contributed by atoms with E-state index >= 15 is 0 Å². The molecule has 0 N–H and O–H groups in total. The van der Waals surface area contributed by atoms with E-state index in [-0.39, 0.29) is 5.91 Å².